The molecule has 0 heterocycles. The van der Waals surface area contributed by atoms with Crippen LogP contribution in [0.5, 0.6) is 0 Å². The van der Waals surface area contributed by atoms with Gasteiger partial charge in [-0.2, -0.15) is 0 Å². The van der Waals surface area contributed by atoms with Crippen molar-refractivity contribution in [3.63, 3.8) is 0 Å². The number of amides is 1. The summed E-state index contributed by atoms with van der Waals surface area (Å²) in [6.45, 7) is 2.39. The Balaban J connectivity index is 1.91. The average Bonchev–Trinajstić information content (AvgIpc) is 2.54. The van der Waals surface area contributed by atoms with Crippen LogP contribution in [0, 0.1) is 11.8 Å². The second-order valence-corrected chi connectivity index (χ2v) is 4.76. The van der Waals surface area contributed by atoms with Crippen molar-refractivity contribution in [2.45, 2.75) is 19.3 Å². The third-order valence-electron chi connectivity index (χ3n) is 3.28. The van der Waals surface area contributed by atoms with Crippen LogP contribution in [-0.4, -0.2) is 12.5 Å². The van der Waals surface area contributed by atoms with Crippen LogP contribution in [0.4, 0.5) is 0 Å². The van der Waals surface area contributed by atoms with Crippen molar-refractivity contribution in [2.24, 2.45) is 0 Å². The molecule has 2 heteroatoms. The molecule has 106 valence electrons. The van der Waals surface area contributed by atoms with Gasteiger partial charge in [0, 0.05) is 5.56 Å². The van der Waals surface area contributed by atoms with E-state index >= 15 is 0 Å². The normalized spacial score (nSPS) is 11.1. The molecule has 0 aliphatic carbocycles. The molecule has 0 aromatic heterocycles. The molecular formula is C19H19NO. The first-order valence-electron chi connectivity index (χ1n) is 7.18. The van der Waals surface area contributed by atoms with Gasteiger partial charge in [-0.15, -0.1) is 0 Å². The fourth-order valence-electron chi connectivity index (χ4n) is 2.18. The molecule has 1 amide bonds. The Bertz CT molecular complexity index is 623. The van der Waals surface area contributed by atoms with E-state index in [0.29, 0.717) is 6.54 Å². The van der Waals surface area contributed by atoms with E-state index in [1.54, 1.807) is 0 Å². The maximum absolute atomic E-state index is 12.2. The number of nitrogens with one attached hydrogen (secondary N) is 1. The van der Waals surface area contributed by atoms with Gasteiger partial charge in [0.2, 0.25) is 5.91 Å². The van der Waals surface area contributed by atoms with E-state index in [1.165, 1.54) is 0 Å². The van der Waals surface area contributed by atoms with E-state index in [0.717, 1.165) is 17.5 Å². The van der Waals surface area contributed by atoms with Gasteiger partial charge in [-0.1, -0.05) is 67.3 Å². The average molecular weight is 277 g/mol. The number of hydrogen-bond donors (Lipinski definition) is 1. The predicted octanol–water partition coefficient (Wildman–Crippen LogP) is 3.35. The summed E-state index contributed by atoms with van der Waals surface area (Å²) in [5.41, 5.74) is 2.01. The zero-order valence-electron chi connectivity index (χ0n) is 12.2. The molecule has 2 nitrogen and oxygen atoms in total. The van der Waals surface area contributed by atoms with Gasteiger partial charge in [-0.25, -0.2) is 0 Å². The maximum Gasteiger partial charge on any atom is 0.228 e. The minimum Gasteiger partial charge on any atom is -0.345 e. The molecule has 0 saturated heterocycles. The minimum atomic E-state index is -0.107. The van der Waals surface area contributed by atoms with Crippen molar-refractivity contribution in [1.82, 2.24) is 5.32 Å². The van der Waals surface area contributed by atoms with Crippen LogP contribution in [-0.2, 0) is 4.79 Å². The van der Waals surface area contributed by atoms with Gasteiger partial charge in [0.25, 0.3) is 0 Å². The van der Waals surface area contributed by atoms with Crippen molar-refractivity contribution in [3.05, 3.63) is 71.8 Å². The standard InChI is InChI=1S/C19H19NO/c1-2-18(17-13-7-4-8-14-17)19(21)20-15-9-12-16-10-5-3-6-11-16/h3-8,10-11,13-14,18H,2,15H2,1H3,(H,20,21). The summed E-state index contributed by atoms with van der Waals surface area (Å²) in [5, 5.41) is 2.89. The molecule has 0 bridgehead atoms. The molecule has 0 aliphatic heterocycles. The van der Waals surface area contributed by atoms with Gasteiger partial charge < -0.3 is 5.32 Å². The van der Waals surface area contributed by atoms with Crippen molar-refractivity contribution >= 4 is 5.91 Å². The summed E-state index contributed by atoms with van der Waals surface area (Å²) in [6.07, 6.45) is 0.780. The maximum atomic E-state index is 12.2. The lowest BCUT2D eigenvalue weighted by Gasteiger charge is -2.14. The molecule has 0 aliphatic rings. The van der Waals surface area contributed by atoms with Gasteiger partial charge in [-0.3, -0.25) is 4.79 Å². The topological polar surface area (TPSA) is 29.1 Å². The third kappa shape index (κ3) is 4.50. The number of hydrogen-bond acceptors (Lipinski definition) is 1. The van der Waals surface area contributed by atoms with E-state index in [2.05, 4.69) is 17.2 Å². The summed E-state index contributed by atoms with van der Waals surface area (Å²) in [6, 6.07) is 19.6. The summed E-state index contributed by atoms with van der Waals surface area (Å²) in [5.74, 6) is 5.94. The Morgan fingerprint density at radius 1 is 1.05 bits per heavy atom. The predicted molar refractivity (Wildman–Crippen MR) is 85.8 cm³/mol. The highest BCUT2D eigenvalue weighted by Crippen LogP contribution is 2.18. The first-order chi connectivity index (χ1) is 10.3. The van der Waals surface area contributed by atoms with E-state index < -0.39 is 0 Å². The second-order valence-electron chi connectivity index (χ2n) is 4.76. The molecule has 2 rings (SSSR count). The zero-order valence-corrected chi connectivity index (χ0v) is 12.2. The second kappa shape index (κ2) is 7.91. The van der Waals surface area contributed by atoms with Crippen molar-refractivity contribution in [1.29, 1.82) is 0 Å². The largest absolute Gasteiger partial charge is 0.345 e. The highest BCUT2D eigenvalue weighted by atomic mass is 16.1. The van der Waals surface area contributed by atoms with Crippen LogP contribution in [0.25, 0.3) is 0 Å². The van der Waals surface area contributed by atoms with Crippen LogP contribution < -0.4 is 5.32 Å². The Morgan fingerprint density at radius 2 is 1.67 bits per heavy atom. The van der Waals surface area contributed by atoms with E-state index in [-0.39, 0.29) is 11.8 Å². The van der Waals surface area contributed by atoms with E-state index in [1.807, 2.05) is 67.6 Å². The molecule has 0 fully saturated rings. The monoisotopic (exact) mass is 277 g/mol. The summed E-state index contributed by atoms with van der Waals surface area (Å²) >= 11 is 0. The minimum absolute atomic E-state index is 0.0334. The van der Waals surface area contributed by atoms with Gasteiger partial charge in [-0.05, 0) is 24.1 Å². The quantitative estimate of drug-likeness (QED) is 0.853. The molecule has 0 spiro atoms. The number of carbonyl (C=O) groups excluding carboxylic acids is 1. The molecule has 2 aromatic carbocycles. The fraction of sp³-hybridized carbons (Fsp3) is 0.211. The lowest BCUT2D eigenvalue weighted by Crippen LogP contribution is -2.29. The molecule has 1 unspecified atom stereocenters. The van der Waals surface area contributed by atoms with Gasteiger partial charge in [0.15, 0.2) is 0 Å². The zero-order chi connectivity index (χ0) is 14.9. The summed E-state index contributed by atoms with van der Waals surface area (Å²) < 4.78 is 0. The van der Waals surface area contributed by atoms with Gasteiger partial charge in [0.05, 0.1) is 12.5 Å². The van der Waals surface area contributed by atoms with Crippen molar-refractivity contribution in [3.8, 4) is 11.8 Å². The Morgan fingerprint density at radius 3 is 2.29 bits per heavy atom. The highest BCUT2D eigenvalue weighted by Gasteiger charge is 2.17. The lowest BCUT2D eigenvalue weighted by atomic mass is 9.96. The first kappa shape index (κ1) is 14.9. The van der Waals surface area contributed by atoms with Gasteiger partial charge >= 0.3 is 0 Å². The molecular weight excluding hydrogens is 258 g/mol. The van der Waals surface area contributed by atoms with Crippen LogP contribution in [0.3, 0.4) is 0 Å². The highest BCUT2D eigenvalue weighted by molar-refractivity contribution is 5.83. The van der Waals surface area contributed by atoms with E-state index in [4.69, 9.17) is 0 Å². The Kier molecular flexibility index (Phi) is 5.60. The lowest BCUT2D eigenvalue weighted by molar-refractivity contribution is -0.122. The number of benzene rings is 2. The Hall–Kier alpha value is -2.53. The van der Waals surface area contributed by atoms with Crippen LogP contribution in [0.15, 0.2) is 60.7 Å². The van der Waals surface area contributed by atoms with Crippen LogP contribution in [0.2, 0.25) is 0 Å². The SMILES string of the molecule is CCC(C(=O)NCC#Cc1ccccc1)c1ccccc1. The van der Waals surface area contributed by atoms with Crippen LogP contribution in [0.1, 0.15) is 30.4 Å². The van der Waals surface area contributed by atoms with Crippen molar-refractivity contribution in [2.75, 3.05) is 6.54 Å². The smallest absolute Gasteiger partial charge is 0.228 e. The molecule has 1 N–H and O–H groups in total. The number of rotatable bonds is 4. The number of carbonyl (C=O) groups is 1. The Labute approximate surface area is 126 Å². The molecule has 1 atom stereocenters. The van der Waals surface area contributed by atoms with Gasteiger partial charge in [0.1, 0.15) is 0 Å². The van der Waals surface area contributed by atoms with E-state index in [9.17, 15) is 4.79 Å². The molecule has 0 radical (unpaired) electrons. The van der Waals surface area contributed by atoms with Crippen molar-refractivity contribution < 1.29 is 4.79 Å². The molecule has 0 saturated carbocycles. The fourth-order valence-corrected chi connectivity index (χ4v) is 2.18. The summed E-state index contributed by atoms with van der Waals surface area (Å²) in [4.78, 5) is 12.2. The first-order valence-corrected chi connectivity index (χ1v) is 7.18. The molecule has 2 aromatic rings. The third-order valence-corrected chi connectivity index (χ3v) is 3.28. The van der Waals surface area contributed by atoms with Crippen LogP contribution >= 0.6 is 0 Å². The molecule has 21 heavy (non-hydrogen) atoms. The summed E-state index contributed by atoms with van der Waals surface area (Å²) in [7, 11) is 0.